The summed E-state index contributed by atoms with van der Waals surface area (Å²) >= 11 is 0. The molecule has 0 spiro atoms. The first-order valence-corrected chi connectivity index (χ1v) is 9.77. The third kappa shape index (κ3) is 3.70. The molecule has 0 unspecified atom stereocenters. The predicted octanol–water partition coefficient (Wildman–Crippen LogP) is 3.26. The van der Waals surface area contributed by atoms with E-state index in [1.165, 1.54) is 35.4 Å². The van der Waals surface area contributed by atoms with E-state index in [0.29, 0.717) is 11.3 Å². The third-order valence-electron chi connectivity index (χ3n) is 5.45. The van der Waals surface area contributed by atoms with Crippen LogP contribution in [0.3, 0.4) is 0 Å². The number of amides is 2. The van der Waals surface area contributed by atoms with Crippen molar-refractivity contribution >= 4 is 29.3 Å². The molecule has 1 aliphatic carbocycles. The molecule has 6 heteroatoms. The maximum atomic E-state index is 12.7. The summed E-state index contributed by atoms with van der Waals surface area (Å²) in [5.41, 5.74) is 3.70. The van der Waals surface area contributed by atoms with Crippen molar-refractivity contribution in [2.75, 3.05) is 4.90 Å². The van der Waals surface area contributed by atoms with Crippen molar-refractivity contribution in [1.29, 1.82) is 0 Å². The summed E-state index contributed by atoms with van der Waals surface area (Å²) in [5.74, 6) is -1.37. The zero-order chi connectivity index (χ0) is 20.5. The Labute approximate surface area is 168 Å². The van der Waals surface area contributed by atoms with Gasteiger partial charge in [-0.15, -0.1) is 0 Å². The number of rotatable bonds is 5. The highest BCUT2D eigenvalue weighted by molar-refractivity contribution is 6.19. The predicted molar refractivity (Wildman–Crippen MR) is 106 cm³/mol. The topological polar surface area (TPSA) is 80.8 Å². The van der Waals surface area contributed by atoms with Crippen molar-refractivity contribution in [1.82, 2.24) is 0 Å². The molecule has 2 aromatic rings. The average molecular weight is 391 g/mol. The fourth-order valence-corrected chi connectivity index (χ4v) is 3.85. The van der Waals surface area contributed by atoms with Gasteiger partial charge in [-0.3, -0.25) is 19.3 Å². The second-order valence-corrected chi connectivity index (χ2v) is 7.42. The van der Waals surface area contributed by atoms with Gasteiger partial charge in [-0.05, 0) is 67.6 Å². The number of benzene rings is 2. The van der Waals surface area contributed by atoms with E-state index in [-0.39, 0.29) is 36.0 Å². The zero-order valence-corrected chi connectivity index (χ0v) is 16.1. The molecule has 1 aliphatic heterocycles. The fraction of sp³-hybridized carbons (Fsp3) is 0.304. The minimum atomic E-state index is -0.914. The van der Waals surface area contributed by atoms with E-state index in [2.05, 4.69) is 0 Å². The van der Waals surface area contributed by atoms with Crippen molar-refractivity contribution < 1.29 is 23.9 Å². The highest BCUT2D eigenvalue weighted by Gasteiger charge is 2.30. The molecule has 0 aromatic heterocycles. The molecule has 2 aliphatic rings. The maximum Gasteiger partial charge on any atom is 0.338 e. The Morgan fingerprint density at radius 1 is 0.862 bits per heavy atom. The number of Topliss-reactive ketones (excluding diaryl/α,β-unsaturated/α-hetero) is 1. The number of ketones is 1. The SMILES string of the molecule is C[C@@H](OC(=O)c1ccc(N2C(=O)CCC2=O)cc1)C(=O)c1ccc2c(c1)CCC2. The van der Waals surface area contributed by atoms with Gasteiger partial charge in [0.2, 0.25) is 17.6 Å². The smallest absolute Gasteiger partial charge is 0.338 e. The number of aryl methyl sites for hydroxylation is 2. The van der Waals surface area contributed by atoms with Gasteiger partial charge in [-0.1, -0.05) is 12.1 Å². The lowest BCUT2D eigenvalue weighted by atomic mass is 10.0. The van der Waals surface area contributed by atoms with Crippen LogP contribution >= 0.6 is 0 Å². The molecular weight excluding hydrogens is 370 g/mol. The standard InChI is InChI=1S/C23H21NO5/c1-14(22(27)18-6-5-15-3-2-4-17(15)13-18)29-23(28)16-7-9-19(10-8-16)24-20(25)11-12-21(24)26/h5-10,13-14H,2-4,11-12H2,1H3/t14-/m1/s1. The normalized spacial score (nSPS) is 16.7. The molecule has 6 nitrogen and oxygen atoms in total. The van der Waals surface area contributed by atoms with Crippen LogP contribution in [0.15, 0.2) is 42.5 Å². The molecule has 29 heavy (non-hydrogen) atoms. The number of hydrogen-bond donors (Lipinski definition) is 0. The monoisotopic (exact) mass is 391 g/mol. The van der Waals surface area contributed by atoms with E-state index in [0.717, 1.165) is 24.2 Å². The lowest BCUT2D eigenvalue weighted by molar-refractivity contribution is -0.121. The van der Waals surface area contributed by atoms with Crippen LogP contribution in [0, 0.1) is 0 Å². The second-order valence-electron chi connectivity index (χ2n) is 7.42. The first-order valence-electron chi connectivity index (χ1n) is 9.77. The summed E-state index contributed by atoms with van der Waals surface area (Å²) in [5, 5.41) is 0. The third-order valence-corrected chi connectivity index (χ3v) is 5.45. The van der Waals surface area contributed by atoms with Gasteiger partial charge < -0.3 is 4.74 Å². The summed E-state index contributed by atoms with van der Waals surface area (Å²) in [4.78, 5) is 49.8. The Hall–Kier alpha value is -3.28. The Morgan fingerprint density at radius 3 is 2.17 bits per heavy atom. The molecule has 0 bridgehead atoms. The summed E-state index contributed by atoms with van der Waals surface area (Å²) in [7, 11) is 0. The van der Waals surface area contributed by atoms with Crippen molar-refractivity contribution in [2.45, 2.75) is 45.1 Å². The molecule has 0 radical (unpaired) electrons. The molecule has 1 saturated heterocycles. The van der Waals surface area contributed by atoms with Gasteiger partial charge >= 0.3 is 5.97 Å². The highest BCUT2D eigenvalue weighted by Crippen LogP contribution is 2.25. The number of ether oxygens (including phenoxy) is 1. The molecule has 2 amide bonds. The number of esters is 1. The summed E-state index contributed by atoms with van der Waals surface area (Å²) in [6, 6.07) is 11.7. The van der Waals surface area contributed by atoms with Gasteiger partial charge in [0.25, 0.3) is 0 Å². The van der Waals surface area contributed by atoms with Gasteiger partial charge in [0.1, 0.15) is 0 Å². The molecule has 2 aromatic carbocycles. The highest BCUT2D eigenvalue weighted by atomic mass is 16.5. The van der Waals surface area contributed by atoms with Gasteiger partial charge in [0.15, 0.2) is 6.10 Å². The van der Waals surface area contributed by atoms with Crippen LogP contribution in [-0.4, -0.2) is 29.7 Å². The Bertz CT molecular complexity index is 992. The van der Waals surface area contributed by atoms with Crippen molar-refractivity contribution in [3.63, 3.8) is 0 Å². The number of carbonyl (C=O) groups excluding carboxylic acids is 4. The number of fused-ring (bicyclic) bond motifs is 1. The van der Waals surface area contributed by atoms with E-state index >= 15 is 0 Å². The van der Waals surface area contributed by atoms with Crippen molar-refractivity contribution in [2.24, 2.45) is 0 Å². The van der Waals surface area contributed by atoms with Crippen LogP contribution in [0.4, 0.5) is 5.69 Å². The van der Waals surface area contributed by atoms with Gasteiger partial charge in [0, 0.05) is 18.4 Å². The fourth-order valence-electron chi connectivity index (χ4n) is 3.85. The lowest BCUT2D eigenvalue weighted by Crippen LogP contribution is -2.28. The zero-order valence-electron chi connectivity index (χ0n) is 16.1. The molecule has 0 N–H and O–H groups in total. The van der Waals surface area contributed by atoms with E-state index in [1.807, 2.05) is 12.1 Å². The summed E-state index contributed by atoms with van der Waals surface area (Å²) in [6.07, 6.45) is 2.60. The van der Waals surface area contributed by atoms with Crippen LogP contribution in [0.1, 0.15) is 58.0 Å². The van der Waals surface area contributed by atoms with Gasteiger partial charge in [-0.25, -0.2) is 4.79 Å². The first kappa shape index (κ1) is 19.1. The molecule has 1 fully saturated rings. The minimum Gasteiger partial charge on any atom is -0.451 e. The lowest BCUT2D eigenvalue weighted by Gasteiger charge is -2.15. The molecule has 1 atom stereocenters. The molecule has 0 saturated carbocycles. The molecule has 148 valence electrons. The van der Waals surface area contributed by atoms with Crippen LogP contribution in [-0.2, 0) is 27.2 Å². The number of anilines is 1. The van der Waals surface area contributed by atoms with Crippen LogP contribution in [0.5, 0.6) is 0 Å². The largest absolute Gasteiger partial charge is 0.451 e. The van der Waals surface area contributed by atoms with Crippen molar-refractivity contribution in [3.8, 4) is 0 Å². The van der Waals surface area contributed by atoms with Crippen LogP contribution < -0.4 is 4.90 Å². The van der Waals surface area contributed by atoms with Crippen molar-refractivity contribution in [3.05, 3.63) is 64.7 Å². The maximum absolute atomic E-state index is 12.7. The molecule has 1 heterocycles. The number of carbonyl (C=O) groups is 4. The van der Waals surface area contributed by atoms with Gasteiger partial charge in [-0.2, -0.15) is 0 Å². The first-order chi connectivity index (χ1) is 13.9. The van der Waals surface area contributed by atoms with Crippen LogP contribution in [0.2, 0.25) is 0 Å². The van der Waals surface area contributed by atoms with E-state index in [9.17, 15) is 19.2 Å². The molecule has 4 rings (SSSR count). The summed E-state index contributed by atoms with van der Waals surface area (Å²) in [6.45, 7) is 1.56. The van der Waals surface area contributed by atoms with E-state index < -0.39 is 12.1 Å². The number of nitrogens with zero attached hydrogens (tertiary/aromatic N) is 1. The van der Waals surface area contributed by atoms with Crippen LogP contribution in [0.25, 0.3) is 0 Å². The number of imide groups is 1. The molecular formula is C23H21NO5. The summed E-state index contributed by atoms with van der Waals surface area (Å²) < 4.78 is 5.34. The number of hydrogen-bond acceptors (Lipinski definition) is 5. The Morgan fingerprint density at radius 2 is 1.48 bits per heavy atom. The minimum absolute atomic E-state index is 0.199. The van der Waals surface area contributed by atoms with E-state index in [4.69, 9.17) is 4.74 Å². The quantitative estimate of drug-likeness (QED) is 0.444. The second kappa shape index (κ2) is 7.62. The Kier molecular flexibility index (Phi) is 5.01. The van der Waals surface area contributed by atoms with Gasteiger partial charge in [0.05, 0.1) is 11.3 Å². The van der Waals surface area contributed by atoms with E-state index in [1.54, 1.807) is 13.0 Å². The average Bonchev–Trinajstić information content (AvgIpc) is 3.32. The Balaban J connectivity index is 1.42.